The Morgan fingerprint density at radius 2 is 1.67 bits per heavy atom. The fraction of sp³-hybridized carbons (Fsp3) is 0.433. The number of piperidine rings is 1. The van der Waals surface area contributed by atoms with E-state index in [-0.39, 0.29) is 23.7 Å². The van der Waals surface area contributed by atoms with E-state index in [9.17, 15) is 13.6 Å². The zero-order chi connectivity index (χ0) is 29.3. The second-order valence-electron chi connectivity index (χ2n) is 11.2. The summed E-state index contributed by atoms with van der Waals surface area (Å²) in [7, 11) is 0. The molecule has 7 rings (SSSR count). The van der Waals surface area contributed by atoms with Crippen molar-refractivity contribution in [2.75, 3.05) is 67.6 Å². The second-order valence-corrected chi connectivity index (χ2v) is 11.2. The molecule has 1 aromatic carbocycles. The number of nitrogens with one attached hydrogen (secondary N) is 1. The fourth-order valence-electron chi connectivity index (χ4n) is 6.10. The van der Waals surface area contributed by atoms with E-state index < -0.39 is 6.43 Å². The van der Waals surface area contributed by atoms with Gasteiger partial charge in [0.2, 0.25) is 11.9 Å². The number of hydrogen-bond acceptors (Lipinski definition) is 9. The SMILES string of the molecule is O=C(C1CCN(c2ccncc2)CC1)N1CC(Nc2cc(-n3c(C(F)F)nc4ccccc43)nc(N3CCOCC3)n2)C1. The maximum Gasteiger partial charge on any atom is 0.296 e. The first-order valence-electron chi connectivity index (χ1n) is 14.7. The van der Waals surface area contributed by atoms with Crippen LogP contribution in [0.2, 0.25) is 0 Å². The van der Waals surface area contributed by atoms with Gasteiger partial charge in [0.1, 0.15) is 11.6 Å². The van der Waals surface area contributed by atoms with Crippen molar-refractivity contribution in [3.05, 3.63) is 60.7 Å². The minimum absolute atomic E-state index is 0.00440. The minimum atomic E-state index is -2.78. The Hall–Kier alpha value is -4.39. The van der Waals surface area contributed by atoms with E-state index in [1.54, 1.807) is 42.7 Å². The number of carbonyl (C=O) groups excluding carboxylic acids is 1. The van der Waals surface area contributed by atoms with Crippen molar-refractivity contribution in [1.29, 1.82) is 0 Å². The summed E-state index contributed by atoms with van der Waals surface area (Å²) in [5, 5.41) is 3.43. The monoisotopic (exact) mass is 589 g/mol. The number of imidazole rings is 1. The molecule has 0 unspecified atom stereocenters. The first-order valence-corrected chi connectivity index (χ1v) is 14.7. The Morgan fingerprint density at radius 3 is 2.42 bits per heavy atom. The molecule has 13 heteroatoms. The standard InChI is InChI=1S/C30H33F2N9O2/c31-27(32)28-35-23-3-1-2-4-24(23)41(28)26-17-25(36-30(37-26)39-13-15-43-16-14-39)34-21-18-40(19-21)29(42)20-7-11-38(12-8-20)22-5-9-33-10-6-22/h1-6,9-10,17,20-21,27H,7-8,11-16,18-19H2,(H,34,36,37). The zero-order valence-corrected chi connectivity index (χ0v) is 23.6. The molecule has 0 bridgehead atoms. The molecule has 3 saturated heterocycles. The molecule has 6 heterocycles. The van der Waals surface area contributed by atoms with Crippen molar-refractivity contribution in [2.45, 2.75) is 25.3 Å². The van der Waals surface area contributed by atoms with Gasteiger partial charge in [0.05, 0.1) is 30.3 Å². The Kier molecular flexibility index (Phi) is 7.47. The van der Waals surface area contributed by atoms with Gasteiger partial charge >= 0.3 is 0 Å². The summed E-state index contributed by atoms with van der Waals surface area (Å²) in [6.07, 6.45) is 2.44. The summed E-state index contributed by atoms with van der Waals surface area (Å²) < 4.78 is 35.2. The normalized spacial score (nSPS) is 18.3. The van der Waals surface area contributed by atoms with E-state index in [1.807, 2.05) is 21.9 Å². The summed E-state index contributed by atoms with van der Waals surface area (Å²) in [6, 6.07) is 12.7. The number of fused-ring (bicyclic) bond motifs is 1. The molecule has 4 aromatic rings. The van der Waals surface area contributed by atoms with Gasteiger partial charge in [0, 0.05) is 69.3 Å². The number of nitrogens with zero attached hydrogens (tertiary/aromatic N) is 8. The van der Waals surface area contributed by atoms with Crippen molar-refractivity contribution in [3.8, 4) is 5.82 Å². The summed E-state index contributed by atoms with van der Waals surface area (Å²) in [6.45, 7) is 5.07. The van der Waals surface area contributed by atoms with Crippen LogP contribution in [0.3, 0.4) is 0 Å². The highest BCUT2D eigenvalue weighted by Crippen LogP contribution is 2.30. The predicted octanol–water partition coefficient (Wildman–Crippen LogP) is 3.52. The number of ether oxygens (including phenoxy) is 1. The number of halogens is 2. The maximum atomic E-state index is 14.1. The number of pyridine rings is 1. The Balaban J connectivity index is 1.07. The third-order valence-corrected chi connectivity index (χ3v) is 8.42. The number of anilines is 3. The van der Waals surface area contributed by atoms with Crippen molar-refractivity contribution in [3.63, 3.8) is 0 Å². The molecule has 0 atom stereocenters. The number of benzene rings is 1. The number of morpholine rings is 1. The molecule has 43 heavy (non-hydrogen) atoms. The van der Waals surface area contributed by atoms with Gasteiger partial charge < -0.3 is 24.8 Å². The zero-order valence-electron chi connectivity index (χ0n) is 23.6. The molecule has 0 radical (unpaired) electrons. The van der Waals surface area contributed by atoms with Crippen LogP contribution in [0.25, 0.3) is 16.9 Å². The van der Waals surface area contributed by atoms with Crippen LogP contribution in [0.4, 0.5) is 26.2 Å². The third kappa shape index (κ3) is 5.56. The third-order valence-electron chi connectivity index (χ3n) is 8.42. The number of aromatic nitrogens is 5. The number of carbonyl (C=O) groups is 1. The van der Waals surface area contributed by atoms with Crippen LogP contribution >= 0.6 is 0 Å². The molecule has 0 saturated carbocycles. The lowest BCUT2D eigenvalue weighted by Crippen LogP contribution is -2.59. The molecule has 224 valence electrons. The van der Waals surface area contributed by atoms with Crippen molar-refractivity contribution < 1.29 is 18.3 Å². The molecule has 3 aromatic heterocycles. The van der Waals surface area contributed by atoms with E-state index in [2.05, 4.69) is 20.2 Å². The van der Waals surface area contributed by atoms with Crippen molar-refractivity contribution >= 4 is 34.4 Å². The van der Waals surface area contributed by atoms with Crippen LogP contribution in [0.15, 0.2) is 54.9 Å². The summed E-state index contributed by atoms with van der Waals surface area (Å²) in [5.41, 5.74) is 2.16. The van der Waals surface area contributed by atoms with Gasteiger partial charge in [-0.05, 0) is 37.1 Å². The van der Waals surface area contributed by atoms with Crippen LogP contribution < -0.4 is 15.1 Å². The van der Waals surface area contributed by atoms with Crippen LogP contribution in [-0.2, 0) is 9.53 Å². The fourth-order valence-corrected chi connectivity index (χ4v) is 6.10. The van der Waals surface area contributed by atoms with E-state index in [1.165, 1.54) is 4.57 Å². The summed E-state index contributed by atoms with van der Waals surface area (Å²) >= 11 is 0. The average Bonchev–Trinajstić information content (AvgIpc) is 3.43. The average molecular weight is 590 g/mol. The lowest BCUT2D eigenvalue weighted by atomic mass is 9.93. The minimum Gasteiger partial charge on any atom is -0.378 e. The van der Waals surface area contributed by atoms with Gasteiger partial charge in [-0.15, -0.1) is 0 Å². The number of alkyl halides is 2. The summed E-state index contributed by atoms with van der Waals surface area (Å²) in [4.78, 5) is 37.2. The molecular weight excluding hydrogens is 556 g/mol. The number of hydrogen-bond donors (Lipinski definition) is 1. The number of amides is 1. The molecule has 0 spiro atoms. The van der Waals surface area contributed by atoms with Gasteiger partial charge in [-0.3, -0.25) is 14.3 Å². The van der Waals surface area contributed by atoms with E-state index >= 15 is 0 Å². The predicted molar refractivity (Wildman–Crippen MR) is 158 cm³/mol. The number of likely N-dealkylation sites (tertiary alicyclic amines) is 1. The Labute approximate surface area is 247 Å². The molecular formula is C30H33F2N9O2. The van der Waals surface area contributed by atoms with Gasteiger partial charge in [0.25, 0.3) is 6.43 Å². The van der Waals surface area contributed by atoms with Crippen molar-refractivity contribution in [2.24, 2.45) is 5.92 Å². The molecule has 3 aliphatic heterocycles. The van der Waals surface area contributed by atoms with E-state index in [0.29, 0.717) is 68.0 Å². The van der Waals surface area contributed by atoms with E-state index in [0.717, 1.165) is 31.6 Å². The number of rotatable bonds is 7. The highest BCUT2D eigenvalue weighted by molar-refractivity contribution is 5.80. The van der Waals surface area contributed by atoms with Crippen LogP contribution in [0, 0.1) is 5.92 Å². The van der Waals surface area contributed by atoms with Crippen LogP contribution in [-0.4, -0.2) is 93.8 Å². The largest absolute Gasteiger partial charge is 0.378 e. The molecule has 0 aliphatic carbocycles. The smallest absolute Gasteiger partial charge is 0.296 e. The van der Waals surface area contributed by atoms with Gasteiger partial charge in [-0.2, -0.15) is 9.97 Å². The second kappa shape index (κ2) is 11.7. The number of para-hydroxylation sites is 2. The first kappa shape index (κ1) is 27.4. The molecule has 1 N–H and O–H groups in total. The molecule has 1 amide bonds. The first-order chi connectivity index (χ1) is 21.0. The lowest BCUT2D eigenvalue weighted by Gasteiger charge is -2.43. The summed E-state index contributed by atoms with van der Waals surface area (Å²) in [5.74, 6) is 1.11. The van der Waals surface area contributed by atoms with Crippen LogP contribution in [0.5, 0.6) is 0 Å². The highest BCUT2D eigenvalue weighted by Gasteiger charge is 2.36. The van der Waals surface area contributed by atoms with E-state index in [4.69, 9.17) is 14.7 Å². The van der Waals surface area contributed by atoms with Gasteiger partial charge in [0.15, 0.2) is 5.82 Å². The molecule has 3 fully saturated rings. The molecule has 11 nitrogen and oxygen atoms in total. The Bertz CT molecular complexity index is 1580. The quantitative estimate of drug-likeness (QED) is 0.347. The van der Waals surface area contributed by atoms with Gasteiger partial charge in [-0.25, -0.2) is 13.8 Å². The topological polar surface area (TPSA) is 105 Å². The van der Waals surface area contributed by atoms with Crippen LogP contribution in [0.1, 0.15) is 25.1 Å². The van der Waals surface area contributed by atoms with Crippen molar-refractivity contribution in [1.82, 2.24) is 29.4 Å². The lowest BCUT2D eigenvalue weighted by molar-refractivity contribution is -0.140. The Morgan fingerprint density at radius 1 is 0.930 bits per heavy atom. The highest BCUT2D eigenvalue weighted by atomic mass is 19.3. The molecule has 3 aliphatic rings. The van der Waals surface area contributed by atoms with Gasteiger partial charge in [-0.1, -0.05) is 12.1 Å². The maximum absolute atomic E-state index is 14.1.